The van der Waals surface area contributed by atoms with Crippen molar-refractivity contribution in [2.75, 3.05) is 13.2 Å². The molecular weight excluding hydrogens is 234 g/mol. The Hall–Kier alpha value is -0.0800. The molecule has 0 amide bonds. The van der Waals surface area contributed by atoms with Gasteiger partial charge in [0.2, 0.25) is 0 Å². The Balaban J connectivity index is 1.68. The molecule has 0 aromatic carbocycles. The van der Waals surface area contributed by atoms with Crippen LogP contribution in [0.5, 0.6) is 0 Å². The molecule has 0 bridgehead atoms. The highest BCUT2D eigenvalue weighted by molar-refractivity contribution is 5.06. The van der Waals surface area contributed by atoms with E-state index in [9.17, 15) is 0 Å². The van der Waals surface area contributed by atoms with Gasteiger partial charge in [-0.15, -0.1) is 0 Å². The van der Waals surface area contributed by atoms with E-state index in [0.717, 1.165) is 31.0 Å². The van der Waals surface area contributed by atoms with Gasteiger partial charge in [0, 0.05) is 12.6 Å². The van der Waals surface area contributed by atoms with Crippen LogP contribution < -0.4 is 5.32 Å². The first-order valence-electron chi connectivity index (χ1n) is 8.44. The molecule has 0 radical (unpaired) electrons. The van der Waals surface area contributed by atoms with Gasteiger partial charge in [-0.1, -0.05) is 33.6 Å². The van der Waals surface area contributed by atoms with E-state index < -0.39 is 0 Å². The number of nitrogens with one attached hydrogen (secondary N) is 1. The zero-order valence-corrected chi connectivity index (χ0v) is 13.0. The van der Waals surface area contributed by atoms with Crippen LogP contribution in [0.3, 0.4) is 0 Å². The molecule has 1 saturated heterocycles. The fourth-order valence-corrected chi connectivity index (χ4v) is 4.73. The summed E-state index contributed by atoms with van der Waals surface area (Å²) in [4.78, 5) is 0. The maximum Gasteiger partial charge on any atom is 0.0685 e. The lowest BCUT2D eigenvalue weighted by Crippen LogP contribution is -2.47. The first-order chi connectivity index (χ1) is 9.06. The van der Waals surface area contributed by atoms with Gasteiger partial charge in [-0.05, 0) is 55.9 Å². The molecule has 3 fully saturated rings. The van der Waals surface area contributed by atoms with Gasteiger partial charge in [0.25, 0.3) is 0 Å². The smallest absolute Gasteiger partial charge is 0.0685 e. The summed E-state index contributed by atoms with van der Waals surface area (Å²) in [6.07, 6.45) is 9.39. The molecule has 3 atom stereocenters. The molecule has 0 aromatic rings. The Kier molecular flexibility index (Phi) is 3.68. The summed E-state index contributed by atoms with van der Waals surface area (Å²) in [5, 5.41) is 3.82. The van der Waals surface area contributed by atoms with Crippen LogP contribution in [0.1, 0.15) is 65.7 Å². The fourth-order valence-electron chi connectivity index (χ4n) is 4.73. The van der Waals surface area contributed by atoms with E-state index in [1.807, 2.05) is 0 Å². The van der Waals surface area contributed by atoms with Gasteiger partial charge < -0.3 is 10.1 Å². The van der Waals surface area contributed by atoms with Crippen molar-refractivity contribution >= 4 is 0 Å². The largest absolute Gasteiger partial charge is 0.375 e. The average molecular weight is 265 g/mol. The molecular formula is C17H31NO. The summed E-state index contributed by atoms with van der Waals surface area (Å²) in [6, 6.07) is 0.737. The molecule has 0 aromatic heterocycles. The Bertz CT molecular complexity index is 319. The Morgan fingerprint density at radius 1 is 1.21 bits per heavy atom. The quantitative estimate of drug-likeness (QED) is 0.836. The third-order valence-electron chi connectivity index (χ3n) is 6.02. The second-order valence-electron chi connectivity index (χ2n) is 7.87. The lowest BCUT2D eigenvalue weighted by molar-refractivity contribution is -0.0994. The van der Waals surface area contributed by atoms with Crippen LogP contribution in [0.2, 0.25) is 0 Å². The van der Waals surface area contributed by atoms with Crippen molar-refractivity contribution in [2.24, 2.45) is 17.3 Å². The molecule has 3 aliphatic rings. The second-order valence-corrected chi connectivity index (χ2v) is 7.87. The van der Waals surface area contributed by atoms with Crippen molar-refractivity contribution in [1.82, 2.24) is 5.32 Å². The van der Waals surface area contributed by atoms with Gasteiger partial charge in [0.1, 0.15) is 0 Å². The van der Waals surface area contributed by atoms with Crippen molar-refractivity contribution in [3.8, 4) is 0 Å². The molecule has 1 aliphatic heterocycles. The summed E-state index contributed by atoms with van der Waals surface area (Å²) in [6.45, 7) is 9.24. The predicted octanol–water partition coefficient (Wildman–Crippen LogP) is 3.75. The standard InChI is InChI=1S/C17H31NO/c1-4-18-15(14-12-16(14,2)3)13-7-10-19-17(11-13)8-5-6-9-17/h13-15,18H,4-12H2,1-3H3. The van der Waals surface area contributed by atoms with E-state index in [1.165, 1.54) is 44.9 Å². The van der Waals surface area contributed by atoms with Gasteiger partial charge in [-0.25, -0.2) is 0 Å². The number of ether oxygens (including phenoxy) is 1. The van der Waals surface area contributed by atoms with E-state index in [1.54, 1.807) is 0 Å². The first kappa shape index (κ1) is 13.9. The van der Waals surface area contributed by atoms with Crippen LogP contribution >= 0.6 is 0 Å². The highest BCUT2D eigenvalue weighted by Gasteiger charge is 2.53. The molecule has 2 nitrogen and oxygen atoms in total. The number of hydrogen-bond donors (Lipinski definition) is 1. The molecule has 19 heavy (non-hydrogen) atoms. The SMILES string of the molecule is CCNC(C1CCOC2(CCCC2)C1)C1CC1(C)C. The van der Waals surface area contributed by atoms with Gasteiger partial charge in [-0.3, -0.25) is 0 Å². The Labute approximate surface area is 118 Å². The van der Waals surface area contributed by atoms with Crippen LogP contribution in [0.4, 0.5) is 0 Å². The lowest BCUT2D eigenvalue weighted by Gasteiger charge is -2.42. The summed E-state index contributed by atoms with van der Waals surface area (Å²) in [5.41, 5.74) is 0.851. The van der Waals surface area contributed by atoms with Gasteiger partial charge in [0.15, 0.2) is 0 Å². The van der Waals surface area contributed by atoms with Crippen molar-refractivity contribution in [1.29, 1.82) is 0 Å². The molecule has 2 saturated carbocycles. The molecule has 2 aliphatic carbocycles. The maximum atomic E-state index is 6.21. The predicted molar refractivity (Wildman–Crippen MR) is 79.2 cm³/mol. The maximum absolute atomic E-state index is 6.21. The zero-order chi connectivity index (χ0) is 13.5. The molecule has 1 N–H and O–H groups in total. The summed E-state index contributed by atoms with van der Waals surface area (Å²) in [7, 11) is 0. The molecule has 3 rings (SSSR count). The van der Waals surface area contributed by atoms with E-state index >= 15 is 0 Å². The Morgan fingerprint density at radius 2 is 1.89 bits per heavy atom. The third kappa shape index (κ3) is 2.71. The van der Waals surface area contributed by atoms with Crippen LogP contribution in [0, 0.1) is 17.3 Å². The topological polar surface area (TPSA) is 21.3 Å². The minimum Gasteiger partial charge on any atom is -0.375 e. The number of rotatable bonds is 4. The third-order valence-corrected chi connectivity index (χ3v) is 6.02. The monoisotopic (exact) mass is 265 g/mol. The van der Waals surface area contributed by atoms with Crippen molar-refractivity contribution in [2.45, 2.75) is 77.4 Å². The fraction of sp³-hybridized carbons (Fsp3) is 1.00. The van der Waals surface area contributed by atoms with Crippen LogP contribution in [0.15, 0.2) is 0 Å². The average Bonchev–Trinajstić information content (AvgIpc) is 2.80. The van der Waals surface area contributed by atoms with E-state index in [-0.39, 0.29) is 5.60 Å². The minimum atomic E-state index is 0.273. The molecule has 1 heterocycles. The first-order valence-corrected chi connectivity index (χ1v) is 8.44. The van der Waals surface area contributed by atoms with Gasteiger partial charge in [-0.2, -0.15) is 0 Å². The summed E-state index contributed by atoms with van der Waals surface area (Å²) in [5.74, 6) is 1.74. The molecule has 1 spiro atoms. The van der Waals surface area contributed by atoms with Crippen molar-refractivity contribution in [3.05, 3.63) is 0 Å². The van der Waals surface area contributed by atoms with E-state index in [2.05, 4.69) is 26.1 Å². The van der Waals surface area contributed by atoms with Crippen molar-refractivity contribution in [3.63, 3.8) is 0 Å². The highest BCUT2D eigenvalue weighted by Crippen LogP contribution is 2.56. The molecule has 3 unspecified atom stereocenters. The van der Waals surface area contributed by atoms with Gasteiger partial charge >= 0.3 is 0 Å². The van der Waals surface area contributed by atoms with E-state index in [4.69, 9.17) is 4.74 Å². The summed E-state index contributed by atoms with van der Waals surface area (Å²) >= 11 is 0. The van der Waals surface area contributed by atoms with Crippen molar-refractivity contribution < 1.29 is 4.74 Å². The van der Waals surface area contributed by atoms with E-state index in [0.29, 0.717) is 5.41 Å². The Morgan fingerprint density at radius 3 is 2.47 bits per heavy atom. The highest BCUT2D eigenvalue weighted by atomic mass is 16.5. The summed E-state index contributed by atoms with van der Waals surface area (Å²) < 4.78 is 6.21. The lowest BCUT2D eigenvalue weighted by atomic mass is 9.78. The number of hydrogen-bond acceptors (Lipinski definition) is 2. The van der Waals surface area contributed by atoms with Crippen LogP contribution in [-0.2, 0) is 4.74 Å². The zero-order valence-electron chi connectivity index (χ0n) is 13.0. The second kappa shape index (κ2) is 5.04. The van der Waals surface area contributed by atoms with Crippen LogP contribution in [-0.4, -0.2) is 24.8 Å². The molecule has 2 heteroatoms. The normalized spacial score (nSPS) is 37.4. The molecule has 110 valence electrons. The van der Waals surface area contributed by atoms with Crippen LogP contribution in [0.25, 0.3) is 0 Å². The minimum absolute atomic E-state index is 0.273. The van der Waals surface area contributed by atoms with Gasteiger partial charge in [0.05, 0.1) is 5.60 Å².